The van der Waals surface area contributed by atoms with Gasteiger partial charge in [-0.1, -0.05) is 22.0 Å². The summed E-state index contributed by atoms with van der Waals surface area (Å²) in [6, 6.07) is 7.91. The van der Waals surface area contributed by atoms with E-state index in [9.17, 15) is 0 Å². The predicted molar refractivity (Wildman–Crippen MR) is 74.1 cm³/mol. The summed E-state index contributed by atoms with van der Waals surface area (Å²) in [6.07, 6.45) is 3.57. The minimum Gasteiger partial charge on any atom is -0.472 e. The molecule has 1 aromatic carbocycles. The van der Waals surface area contributed by atoms with Crippen LogP contribution in [0.25, 0.3) is 0 Å². The molecule has 18 heavy (non-hydrogen) atoms. The van der Waals surface area contributed by atoms with Gasteiger partial charge >= 0.3 is 0 Å². The van der Waals surface area contributed by atoms with Crippen molar-refractivity contribution < 1.29 is 4.74 Å². The Morgan fingerprint density at radius 1 is 1.33 bits per heavy atom. The molecule has 1 aliphatic rings. The van der Waals surface area contributed by atoms with E-state index in [0.717, 1.165) is 26.9 Å². The minimum absolute atomic E-state index is 0.573. The average molecular weight is 303 g/mol. The lowest BCUT2D eigenvalue weighted by atomic mass is 10.2. The van der Waals surface area contributed by atoms with Gasteiger partial charge in [-0.15, -0.1) is 0 Å². The molecule has 2 heterocycles. The molecule has 1 aromatic heterocycles. The van der Waals surface area contributed by atoms with Crippen molar-refractivity contribution in [2.45, 2.75) is 13.5 Å². The number of hydrogen-bond donors (Lipinski definition) is 0. The molecule has 90 valence electrons. The molecule has 2 aromatic rings. The Hall–Kier alpha value is -1.68. The maximum atomic E-state index is 5.62. The zero-order chi connectivity index (χ0) is 12.5. The van der Waals surface area contributed by atoms with Crippen LogP contribution in [0.4, 0.5) is 5.69 Å². The highest BCUT2D eigenvalue weighted by molar-refractivity contribution is 9.10. The fourth-order valence-corrected chi connectivity index (χ4v) is 2.24. The molecule has 0 fully saturated rings. The largest absolute Gasteiger partial charge is 0.472 e. The second kappa shape index (κ2) is 4.53. The second-order valence-corrected chi connectivity index (χ2v) is 4.98. The van der Waals surface area contributed by atoms with Crippen LogP contribution >= 0.6 is 15.9 Å². The summed E-state index contributed by atoms with van der Waals surface area (Å²) < 4.78 is 6.67. The van der Waals surface area contributed by atoms with Gasteiger partial charge in [-0.05, 0) is 30.7 Å². The Labute approximate surface area is 114 Å². The number of ether oxygens (including phenoxy) is 1. The lowest BCUT2D eigenvalue weighted by Crippen LogP contribution is -1.97. The summed E-state index contributed by atoms with van der Waals surface area (Å²) in [6.45, 7) is 2.60. The zero-order valence-corrected chi connectivity index (χ0v) is 11.4. The van der Waals surface area contributed by atoms with Crippen molar-refractivity contribution >= 4 is 27.5 Å². The molecule has 4 heteroatoms. The van der Waals surface area contributed by atoms with Crippen molar-refractivity contribution in [1.29, 1.82) is 0 Å². The van der Waals surface area contributed by atoms with Gasteiger partial charge in [0.2, 0.25) is 5.90 Å². The van der Waals surface area contributed by atoms with Crippen LogP contribution in [-0.2, 0) is 11.3 Å². The van der Waals surface area contributed by atoms with Gasteiger partial charge in [0, 0.05) is 22.4 Å². The van der Waals surface area contributed by atoms with E-state index in [1.807, 2.05) is 31.2 Å². The molecular formula is C14H11BrN2O. The molecule has 0 atom stereocenters. The number of nitrogens with zero attached hydrogens (tertiary/aromatic N) is 2. The Morgan fingerprint density at radius 2 is 2.22 bits per heavy atom. The van der Waals surface area contributed by atoms with Gasteiger partial charge in [-0.25, -0.2) is 4.99 Å². The normalized spacial score (nSPS) is 15.6. The Kier molecular flexibility index (Phi) is 2.88. The number of aliphatic imine (C=N–C) groups is 1. The second-order valence-electron chi connectivity index (χ2n) is 4.12. The molecule has 0 N–H and O–H groups in total. The number of benzene rings is 1. The van der Waals surface area contributed by atoms with Crippen LogP contribution in [0.5, 0.6) is 0 Å². The number of rotatable bonds is 1. The van der Waals surface area contributed by atoms with Gasteiger partial charge in [0.05, 0.1) is 11.3 Å². The number of hydrogen-bond acceptors (Lipinski definition) is 3. The standard InChI is InChI=1S/C14H11BrN2O/c1-9-12(15)3-2-4-13(9)17-14-11-7-16-6-5-10(11)8-18-14/h2-7H,8H2,1H3. The first-order chi connectivity index (χ1) is 8.75. The first-order valence-electron chi connectivity index (χ1n) is 5.65. The monoisotopic (exact) mass is 302 g/mol. The van der Waals surface area contributed by atoms with Crippen LogP contribution in [0, 0.1) is 6.92 Å². The summed E-state index contributed by atoms with van der Waals surface area (Å²) in [5, 5.41) is 0. The van der Waals surface area contributed by atoms with Gasteiger partial charge in [0.15, 0.2) is 0 Å². The van der Waals surface area contributed by atoms with Gasteiger partial charge in [0.25, 0.3) is 0 Å². The van der Waals surface area contributed by atoms with E-state index in [2.05, 4.69) is 25.9 Å². The van der Waals surface area contributed by atoms with Crippen LogP contribution in [0.1, 0.15) is 16.7 Å². The molecular weight excluding hydrogens is 292 g/mol. The molecule has 0 spiro atoms. The van der Waals surface area contributed by atoms with E-state index >= 15 is 0 Å². The molecule has 1 aliphatic heterocycles. The van der Waals surface area contributed by atoms with Crippen molar-refractivity contribution in [3.8, 4) is 0 Å². The van der Waals surface area contributed by atoms with Crippen molar-refractivity contribution in [3.63, 3.8) is 0 Å². The number of halogens is 1. The fourth-order valence-electron chi connectivity index (χ4n) is 1.88. The quantitative estimate of drug-likeness (QED) is 0.804. The average Bonchev–Trinajstić information content (AvgIpc) is 2.79. The number of fused-ring (bicyclic) bond motifs is 1. The Morgan fingerprint density at radius 3 is 3.11 bits per heavy atom. The Balaban J connectivity index is 2.07. The molecule has 0 saturated heterocycles. The smallest absolute Gasteiger partial charge is 0.223 e. The van der Waals surface area contributed by atoms with Crippen molar-refractivity contribution in [2.75, 3.05) is 0 Å². The topological polar surface area (TPSA) is 34.5 Å². The van der Waals surface area contributed by atoms with Gasteiger partial charge in [-0.3, -0.25) is 4.98 Å². The molecule has 0 amide bonds. The first kappa shape index (κ1) is 11.4. The molecule has 0 saturated carbocycles. The highest BCUT2D eigenvalue weighted by Gasteiger charge is 2.19. The highest BCUT2D eigenvalue weighted by atomic mass is 79.9. The van der Waals surface area contributed by atoms with E-state index in [-0.39, 0.29) is 0 Å². The van der Waals surface area contributed by atoms with Crippen LogP contribution in [0.2, 0.25) is 0 Å². The van der Waals surface area contributed by atoms with Crippen molar-refractivity contribution in [2.24, 2.45) is 4.99 Å². The summed E-state index contributed by atoms with van der Waals surface area (Å²) in [5.74, 6) is 0.652. The van der Waals surface area contributed by atoms with E-state index in [4.69, 9.17) is 4.74 Å². The third-order valence-electron chi connectivity index (χ3n) is 2.97. The lowest BCUT2D eigenvalue weighted by Gasteiger charge is -2.04. The molecule has 0 aliphatic carbocycles. The number of aromatic nitrogens is 1. The third-order valence-corrected chi connectivity index (χ3v) is 3.83. The molecule has 0 unspecified atom stereocenters. The zero-order valence-electron chi connectivity index (χ0n) is 9.85. The summed E-state index contributed by atoms with van der Waals surface area (Å²) in [7, 11) is 0. The van der Waals surface area contributed by atoms with E-state index in [1.165, 1.54) is 0 Å². The van der Waals surface area contributed by atoms with Gasteiger partial charge in [0.1, 0.15) is 6.61 Å². The fraction of sp³-hybridized carbons (Fsp3) is 0.143. The van der Waals surface area contributed by atoms with Crippen LogP contribution in [0.15, 0.2) is 46.1 Å². The van der Waals surface area contributed by atoms with E-state index < -0.39 is 0 Å². The van der Waals surface area contributed by atoms with Crippen LogP contribution in [-0.4, -0.2) is 10.9 Å². The predicted octanol–water partition coefficient (Wildman–Crippen LogP) is 3.76. The SMILES string of the molecule is Cc1c(Br)cccc1N=C1OCc2ccncc21. The first-order valence-corrected chi connectivity index (χ1v) is 6.45. The van der Waals surface area contributed by atoms with E-state index in [1.54, 1.807) is 12.4 Å². The van der Waals surface area contributed by atoms with Crippen LogP contribution < -0.4 is 0 Å². The summed E-state index contributed by atoms with van der Waals surface area (Å²) >= 11 is 3.50. The van der Waals surface area contributed by atoms with E-state index in [0.29, 0.717) is 12.5 Å². The minimum atomic E-state index is 0.573. The maximum absolute atomic E-state index is 5.62. The summed E-state index contributed by atoms with van der Waals surface area (Å²) in [4.78, 5) is 8.70. The third kappa shape index (κ3) is 1.93. The molecule has 0 bridgehead atoms. The maximum Gasteiger partial charge on any atom is 0.223 e. The molecule has 0 radical (unpaired) electrons. The Bertz CT molecular complexity index is 637. The van der Waals surface area contributed by atoms with Gasteiger partial charge in [-0.2, -0.15) is 0 Å². The van der Waals surface area contributed by atoms with Crippen LogP contribution in [0.3, 0.4) is 0 Å². The van der Waals surface area contributed by atoms with Crippen molar-refractivity contribution in [3.05, 3.63) is 57.8 Å². The molecule has 3 rings (SSSR count). The highest BCUT2D eigenvalue weighted by Crippen LogP contribution is 2.28. The lowest BCUT2D eigenvalue weighted by molar-refractivity contribution is 0.313. The summed E-state index contributed by atoms with van der Waals surface area (Å²) in [5.41, 5.74) is 4.13. The molecule has 3 nitrogen and oxygen atoms in total. The van der Waals surface area contributed by atoms with Crippen molar-refractivity contribution in [1.82, 2.24) is 4.98 Å². The number of pyridine rings is 1. The van der Waals surface area contributed by atoms with Gasteiger partial charge < -0.3 is 4.74 Å².